The smallest absolute Gasteiger partial charge is 0.406 e. The van der Waals surface area contributed by atoms with E-state index in [4.69, 9.17) is 17.2 Å². The van der Waals surface area contributed by atoms with Crippen molar-refractivity contribution >= 4 is 17.7 Å². The average Bonchev–Trinajstić information content (AvgIpc) is 2.96. The van der Waals surface area contributed by atoms with E-state index in [1.807, 2.05) is 0 Å². The molecule has 2 unspecified atom stereocenters. The SMILES string of the molecule is NCCN(CCN)C(=O)CCC(N)C(=O)NC(C(=O)NCc1ccc(OC(F)(F)F)cc1)[C@H](O)c1ccc(C(F)(F)F)cc1. The minimum absolute atomic E-state index is 0.143. The van der Waals surface area contributed by atoms with Gasteiger partial charge in [0.05, 0.1) is 11.6 Å². The highest BCUT2D eigenvalue weighted by Crippen LogP contribution is 2.30. The van der Waals surface area contributed by atoms with E-state index < -0.39 is 53.9 Å². The molecule has 0 saturated heterocycles. The first kappa shape index (κ1) is 36.3. The Labute approximate surface area is 248 Å². The molecule has 44 heavy (non-hydrogen) atoms. The molecule has 0 bridgehead atoms. The largest absolute Gasteiger partial charge is 0.573 e. The van der Waals surface area contributed by atoms with Crippen molar-refractivity contribution < 1.29 is 50.6 Å². The van der Waals surface area contributed by atoms with Gasteiger partial charge in [-0.25, -0.2) is 0 Å². The normalized spacial score (nSPS) is 13.9. The minimum Gasteiger partial charge on any atom is -0.406 e. The summed E-state index contributed by atoms with van der Waals surface area (Å²) in [5.74, 6) is -2.80. The van der Waals surface area contributed by atoms with Crippen LogP contribution < -0.4 is 32.6 Å². The highest BCUT2D eigenvalue weighted by atomic mass is 19.4. The summed E-state index contributed by atoms with van der Waals surface area (Å²) < 4.78 is 80.0. The maximum absolute atomic E-state index is 13.1. The molecule has 0 radical (unpaired) electrons. The fourth-order valence-corrected chi connectivity index (χ4v) is 3.96. The van der Waals surface area contributed by atoms with Crippen LogP contribution in [0.2, 0.25) is 0 Å². The Hall–Kier alpha value is -3.93. The molecule has 0 aliphatic rings. The van der Waals surface area contributed by atoms with Crippen molar-refractivity contribution in [2.45, 2.75) is 50.1 Å². The Morgan fingerprint density at radius 3 is 1.95 bits per heavy atom. The van der Waals surface area contributed by atoms with Crippen molar-refractivity contribution in [2.24, 2.45) is 17.2 Å². The molecule has 2 aromatic rings. The number of aliphatic hydroxyl groups is 1. The first-order chi connectivity index (χ1) is 20.6. The van der Waals surface area contributed by atoms with Crippen LogP contribution in [0.5, 0.6) is 5.75 Å². The Morgan fingerprint density at radius 1 is 0.886 bits per heavy atom. The molecule has 0 aliphatic heterocycles. The van der Waals surface area contributed by atoms with Crippen LogP contribution in [0.1, 0.15) is 35.6 Å². The Balaban J connectivity index is 2.17. The lowest BCUT2D eigenvalue weighted by molar-refractivity contribution is -0.274. The first-order valence-corrected chi connectivity index (χ1v) is 13.3. The van der Waals surface area contributed by atoms with E-state index >= 15 is 0 Å². The first-order valence-electron chi connectivity index (χ1n) is 13.3. The van der Waals surface area contributed by atoms with Crippen LogP contribution >= 0.6 is 0 Å². The van der Waals surface area contributed by atoms with Gasteiger partial charge in [0, 0.05) is 39.1 Å². The lowest BCUT2D eigenvalue weighted by Gasteiger charge is -2.26. The van der Waals surface area contributed by atoms with Gasteiger partial charge >= 0.3 is 12.5 Å². The van der Waals surface area contributed by atoms with Crippen LogP contribution in [0, 0.1) is 0 Å². The van der Waals surface area contributed by atoms with Gasteiger partial charge in [-0.05, 0) is 41.8 Å². The molecule has 0 fully saturated rings. The molecule has 0 heterocycles. The number of halogens is 6. The third-order valence-electron chi connectivity index (χ3n) is 6.26. The van der Waals surface area contributed by atoms with E-state index in [0.29, 0.717) is 17.7 Å². The summed E-state index contributed by atoms with van der Waals surface area (Å²) in [4.78, 5) is 39.9. The number of nitrogens with zero attached hydrogens (tertiary/aromatic N) is 1. The van der Waals surface area contributed by atoms with Crippen LogP contribution in [0.3, 0.4) is 0 Å². The molecule has 17 heteroatoms. The van der Waals surface area contributed by atoms with Crippen molar-refractivity contribution in [1.82, 2.24) is 15.5 Å². The molecule has 11 nitrogen and oxygen atoms in total. The molecule has 2 aromatic carbocycles. The zero-order valence-corrected chi connectivity index (χ0v) is 23.3. The molecular formula is C27H34F6N6O5. The fraction of sp³-hybridized carbons (Fsp3) is 0.444. The number of hydrogen-bond acceptors (Lipinski definition) is 8. The van der Waals surface area contributed by atoms with Crippen molar-refractivity contribution in [3.05, 3.63) is 65.2 Å². The Morgan fingerprint density at radius 2 is 1.45 bits per heavy atom. The number of amides is 3. The quantitative estimate of drug-likeness (QED) is 0.158. The molecule has 0 aromatic heterocycles. The molecular weight excluding hydrogens is 602 g/mol. The highest BCUT2D eigenvalue weighted by molar-refractivity contribution is 5.90. The van der Waals surface area contributed by atoms with Gasteiger partial charge in [0.2, 0.25) is 17.7 Å². The van der Waals surface area contributed by atoms with Crippen molar-refractivity contribution in [2.75, 3.05) is 26.2 Å². The number of hydrogen-bond donors (Lipinski definition) is 6. The predicted molar refractivity (Wildman–Crippen MR) is 145 cm³/mol. The summed E-state index contributed by atoms with van der Waals surface area (Å²) in [6.45, 7) is 0.564. The molecule has 3 atom stereocenters. The maximum atomic E-state index is 13.1. The lowest BCUT2D eigenvalue weighted by Crippen LogP contribution is -2.54. The lowest BCUT2D eigenvalue weighted by atomic mass is 9.99. The number of carbonyl (C=O) groups excluding carboxylic acids is 3. The topological polar surface area (TPSA) is 186 Å². The van der Waals surface area contributed by atoms with Crippen LogP contribution in [0.4, 0.5) is 26.3 Å². The van der Waals surface area contributed by atoms with Gasteiger partial charge in [-0.3, -0.25) is 14.4 Å². The summed E-state index contributed by atoms with van der Waals surface area (Å²) in [7, 11) is 0. The Bertz CT molecular complexity index is 1220. The van der Waals surface area contributed by atoms with Crippen molar-refractivity contribution in [1.29, 1.82) is 0 Å². The third-order valence-corrected chi connectivity index (χ3v) is 6.26. The van der Waals surface area contributed by atoms with Gasteiger partial charge in [-0.15, -0.1) is 13.2 Å². The van der Waals surface area contributed by atoms with E-state index in [2.05, 4.69) is 15.4 Å². The van der Waals surface area contributed by atoms with Gasteiger partial charge in [-0.2, -0.15) is 13.2 Å². The van der Waals surface area contributed by atoms with E-state index in [1.165, 1.54) is 17.0 Å². The molecule has 244 valence electrons. The molecule has 9 N–H and O–H groups in total. The Kier molecular flexibility index (Phi) is 13.4. The number of benzene rings is 2. The highest BCUT2D eigenvalue weighted by Gasteiger charge is 2.34. The molecule has 0 saturated carbocycles. The van der Waals surface area contributed by atoms with Gasteiger partial charge in [0.15, 0.2) is 0 Å². The van der Waals surface area contributed by atoms with Gasteiger partial charge < -0.3 is 42.6 Å². The molecule has 3 amide bonds. The zero-order chi connectivity index (χ0) is 33.1. The van der Waals surface area contributed by atoms with Crippen LogP contribution in [0.15, 0.2) is 48.5 Å². The number of carbonyl (C=O) groups is 3. The van der Waals surface area contributed by atoms with Crippen LogP contribution in [0.25, 0.3) is 0 Å². The molecule has 2 rings (SSSR count). The third kappa shape index (κ3) is 11.6. The van der Waals surface area contributed by atoms with E-state index in [9.17, 15) is 45.8 Å². The predicted octanol–water partition coefficient (Wildman–Crippen LogP) is 1.29. The summed E-state index contributed by atoms with van der Waals surface area (Å²) in [5, 5.41) is 15.6. The number of ether oxygens (including phenoxy) is 1. The summed E-state index contributed by atoms with van der Waals surface area (Å²) in [6.07, 6.45) is -11.7. The number of nitrogens with one attached hydrogen (secondary N) is 2. The summed E-state index contributed by atoms with van der Waals surface area (Å²) in [5.41, 5.74) is 16.1. The van der Waals surface area contributed by atoms with Crippen LogP contribution in [-0.4, -0.2) is 72.4 Å². The van der Waals surface area contributed by atoms with Gasteiger partial charge in [0.1, 0.15) is 17.9 Å². The molecule has 0 aliphatic carbocycles. The number of rotatable bonds is 15. The second-order valence-corrected chi connectivity index (χ2v) is 9.56. The van der Waals surface area contributed by atoms with Crippen LogP contribution in [-0.2, 0) is 27.1 Å². The van der Waals surface area contributed by atoms with Crippen molar-refractivity contribution in [3.8, 4) is 5.75 Å². The monoisotopic (exact) mass is 636 g/mol. The minimum atomic E-state index is -4.90. The zero-order valence-electron chi connectivity index (χ0n) is 23.3. The molecule has 0 spiro atoms. The summed E-state index contributed by atoms with van der Waals surface area (Å²) >= 11 is 0. The number of alkyl halides is 6. The van der Waals surface area contributed by atoms with Gasteiger partial charge in [0.25, 0.3) is 0 Å². The van der Waals surface area contributed by atoms with E-state index in [-0.39, 0.29) is 57.0 Å². The van der Waals surface area contributed by atoms with Gasteiger partial charge in [-0.1, -0.05) is 24.3 Å². The second-order valence-electron chi connectivity index (χ2n) is 9.56. The van der Waals surface area contributed by atoms with E-state index in [0.717, 1.165) is 24.3 Å². The standard InChI is InChI=1S/C27H34F6N6O5/c28-26(29,30)18-5-3-17(4-6-18)23(41)22(25(43)37-15-16-1-7-19(8-2-16)44-27(31,32)33)38-24(42)20(36)9-10-21(40)39(13-11-34)14-12-35/h1-8,20,22-23,41H,9-15,34-36H2,(H,37,43)(H,38,42)/t20?,22?,23-/m1/s1. The fourth-order valence-electron chi connectivity index (χ4n) is 3.96. The second kappa shape index (κ2) is 16.2. The van der Waals surface area contributed by atoms with Crippen molar-refractivity contribution in [3.63, 3.8) is 0 Å². The van der Waals surface area contributed by atoms with E-state index in [1.54, 1.807) is 0 Å². The number of nitrogens with two attached hydrogens (primary N) is 3. The number of aliphatic hydroxyl groups excluding tert-OH is 1. The maximum Gasteiger partial charge on any atom is 0.573 e. The average molecular weight is 637 g/mol. The summed E-state index contributed by atoms with van der Waals surface area (Å²) in [6, 6.07) is 4.62.